The molecule has 8 heteroatoms. The number of imidazole rings is 1. The number of hydrogen-bond acceptors (Lipinski definition) is 5. The molecule has 0 unspecified atom stereocenters. The van der Waals surface area contributed by atoms with Gasteiger partial charge >= 0.3 is 0 Å². The molecule has 0 atom stereocenters. The summed E-state index contributed by atoms with van der Waals surface area (Å²) in [6.07, 6.45) is 9.89. The van der Waals surface area contributed by atoms with Gasteiger partial charge in [0.15, 0.2) is 11.5 Å². The highest BCUT2D eigenvalue weighted by Crippen LogP contribution is 2.35. The maximum atomic E-state index is 13.5. The minimum Gasteiger partial charge on any atom is -0.359 e. The highest BCUT2D eigenvalue weighted by molar-refractivity contribution is 5.95. The van der Waals surface area contributed by atoms with Gasteiger partial charge < -0.3 is 10.3 Å². The second kappa shape index (κ2) is 9.55. The van der Waals surface area contributed by atoms with Gasteiger partial charge in [0.05, 0.1) is 22.4 Å². The molecule has 1 aromatic carbocycles. The first-order chi connectivity index (χ1) is 18.5. The Morgan fingerprint density at radius 1 is 1.03 bits per heavy atom. The third-order valence-corrected chi connectivity index (χ3v) is 6.66. The van der Waals surface area contributed by atoms with E-state index in [0.29, 0.717) is 34.2 Å². The van der Waals surface area contributed by atoms with Crippen LogP contribution in [0.2, 0.25) is 0 Å². The molecule has 0 radical (unpaired) electrons. The number of nitrogens with one attached hydrogen (secondary N) is 3. The maximum Gasteiger partial charge on any atom is 0.161 e. The van der Waals surface area contributed by atoms with Crippen molar-refractivity contribution in [3.63, 3.8) is 0 Å². The Bertz CT molecular complexity index is 1750. The first kappa shape index (κ1) is 23.5. The largest absolute Gasteiger partial charge is 0.359 e. The van der Waals surface area contributed by atoms with E-state index < -0.39 is 0 Å². The lowest BCUT2D eigenvalue weighted by Crippen LogP contribution is -2.11. The third kappa shape index (κ3) is 4.41. The standard InChI is InChI=1S/C30H26FN7/c1-4-18(16-22(5-2)33-17(3)19-6-7-19)23-12-13-25-28(34-23)29(38-37-25)30-35-24-14-15-32-26(27(24)36-30)20-8-10-21(31)11-9-20/h4-5,8-16,19,33H,2-3,6-7H2,1H3,(H,35,36)(H,37,38)/b18-4+,22-16+. The summed E-state index contributed by atoms with van der Waals surface area (Å²) in [4.78, 5) is 17.6. The molecule has 1 aliphatic carbocycles. The van der Waals surface area contributed by atoms with Gasteiger partial charge in [0.1, 0.15) is 16.9 Å². The zero-order chi connectivity index (χ0) is 26.2. The SMILES string of the molecule is C=C/C(=C\C(=C/C)c1ccc2[nH]nc(-c3nc4c(-c5ccc(F)cc5)nccc4[nH]3)c2n1)NC(=C)C1CC1. The smallest absolute Gasteiger partial charge is 0.161 e. The van der Waals surface area contributed by atoms with E-state index in [1.165, 1.54) is 25.0 Å². The van der Waals surface area contributed by atoms with E-state index in [9.17, 15) is 4.39 Å². The third-order valence-electron chi connectivity index (χ3n) is 6.66. The summed E-state index contributed by atoms with van der Waals surface area (Å²) in [6.45, 7) is 10.1. The number of aromatic amines is 2. The van der Waals surface area contributed by atoms with Gasteiger partial charge in [-0.3, -0.25) is 10.1 Å². The van der Waals surface area contributed by atoms with Gasteiger partial charge in [-0.25, -0.2) is 14.4 Å². The van der Waals surface area contributed by atoms with Gasteiger partial charge in [0, 0.05) is 23.2 Å². The lowest BCUT2D eigenvalue weighted by Gasteiger charge is -2.11. The maximum absolute atomic E-state index is 13.5. The molecule has 6 rings (SSSR count). The van der Waals surface area contributed by atoms with Gasteiger partial charge in [-0.05, 0) is 85.9 Å². The van der Waals surface area contributed by atoms with Crippen LogP contribution in [0.3, 0.4) is 0 Å². The summed E-state index contributed by atoms with van der Waals surface area (Å²) in [6, 6.07) is 12.0. The number of allylic oxidation sites excluding steroid dienone is 5. The number of H-pyrrole nitrogens is 2. The van der Waals surface area contributed by atoms with Crippen molar-refractivity contribution in [3.05, 3.63) is 103 Å². The fraction of sp³-hybridized carbons (Fsp3) is 0.133. The number of pyridine rings is 2. The highest BCUT2D eigenvalue weighted by Gasteiger charge is 2.24. The number of fused-ring (bicyclic) bond motifs is 2. The van der Waals surface area contributed by atoms with E-state index in [2.05, 4.69) is 38.6 Å². The number of aromatic nitrogens is 6. The first-order valence-corrected chi connectivity index (χ1v) is 12.5. The van der Waals surface area contributed by atoms with Crippen LogP contribution in [0.5, 0.6) is 0 Å². The minimum atomic E-state index is -0.298. The molecule has 4 aromatic heterocycles. The van der Waals surface area contributed by atoms with Crippen molar-refractivity contribution in [2.24, 2.45) is 5.92 Å². The summed E-state index contributed by atoms with van der Waals surface area (Å²) in [5, 5.41) is 11.0. The van der Waals surface area contributed by atoms with Gasteiger partial charge in [0.25, 0.3) is 0 Å². The predicted molar refractivity (Wildman–Crippen MR) is 149 cm³/mol. The molecule has 0 amide bonds. The molecule has 0 bridgehead atoms. The van der Waals surface area contributed by atoms with E-state index in [4.69, 9.17) is 9.97 Å². The fourth-order valence-electron chi connectivity index (χ4n) is 4.43. The average molecular weight is 504 g/mol. The van der Waals surface area contributed by atoms with E-state index in [0.717, 1.165) is 39.3 Å². The number of rotatable bonds is 8. The van der Waals surface area contributed by atoms with Crippen LogP contribution < -0.4 is 5.32 Å². The second-order valence-electron chi connectivity index (χ2n) is 9.29. The average Bonchev–Trinajstić information content (AvgIpc) is 3.57. The summed E-state index contributed by atoms with van der Waals surface area (Å²) in [5.74, 6) is 0.810. The van der Waals surface area contributed by atoms with Crippen molar-refractivity contribution in [3.8, 4) is 22.8 Å². The number of hydrogen-bond donors (Lipinski definition) is 3. The summed E-state index contributed by atoms with van der Waals surface area (Å²) in [5.41, 5.74) is 8.65. The van der Waals surface area contributed by atoms with E-state index in [-0.39, 0.29) is 5.82 Å². The number of benzene rings is 1. The van der Waals surface area contributed by atoms with E-state index >= 15 is 0 Å². The van der Waals surface area contributed by atoms with Crippen molar-refractivity contribution >= 4 is 27.6 Å². The van der Waals surface area contributed by atoms with Gasteiger partial charge in [-0.2, -0.15) is 5.10 Å². The lowest BCUT2D eigenvalue weighted by atomic mass is 10.1. The van der Waals surface area contributed by atoms with Gasteiger partial charge in [-0.15, -0.1) is 0 Å². The fourth-order valence-corrected chi connectivity index (χ4v) is 4.43. The molecule has 1 aliphatic rings. The van der Waals surface area contributed by atoms with Crippen molar-refractivity contribution in [2.45, 2.75) is 19.8 Å². The molecule has 4 heterocycles. The van der Waals surface area contributed by atoms with E-state index in [1.54, 1.807) is 24.4 Å². The molecule has 1 fully saturated rings. The van der Waals surface area contributed by atoms with Crippen LogP contribution in [-0.2, 0) is 0 Å². The molecule has 0 aliphatic heterocycles. The molecule has 7 nitrogen and oxygen atoms in total. The highest BCUT2D eigenvalue weighted by atomic mass is 19.1. The van der Waals surface area contributed by atoms with Crippen molar-refractivity contribution in [1.82, 2.24) is 35.5 Å². The molecular formula is C30H26FN7. The zero-order valence-electron chi connectivity index (χ0n) is 20.9. The minimum absolute atomic E-state index is 0.298. The van der Waals surface area contributed by atoms with Crippen LogP contribution in [-0.4, -0.2) is 30.1 Å². The van der Waals surface area contributed by atoms with Crippen LogP contribution in [0, 0.1) is 11.7 Å². The molecular weight excluding hydrogens is 477 g/mol. The Balaban J connectivity index is 1.38. The molecule has 5 aromatic rings. The molecule has 38 heavy (non-hydrogen) atoms. The summed E-state index contributed by atoms with van der Waals surface area (Å²) < 4.78 is 13.5. The number of halogens is 1. The molecule has 0 saturated heterocycles. The lowest BCUT2D eigenvalue weighted by molar-refractivity contribution is 0.628. The quantitative estimate of drug-likeness (QED) is 0.205. The summed E-state index contributed by atoms with van der Waals surface area (Å²) >= 11 is 0. The predicted octanol–water partition coefficient (Wildman–Crippen LogP) is 6.69. The summed E-state index contributed by atoms with van der Waals surface area (Å²) in [7, 11) is 0. The number of nitrogens with zero attached hydrogens (tertiary/aromatic N) is 4. The first-order valence-electron chi connectivity index (χ1n) is 12.5. The Hall–Kier alpha value is -4.85. The topological polar surface area (TPSA) is 95.2 Å². The Morgan fingerprint density at radius 2 is 1.82 bits per heavy atom. The molecule has 0 spiro atoms. The van der Waals surface area contributed by atoms with Gasteiger partial charge in [-0.1, -0.05) is 19.2 Å². The van der Waals surface area contributed by atoms with Crippen molar-refractivity contribution < 1.29 is 4.39 Å². The monoisotopic (exact) mass is 503 g/mol. The van der Waals surface area contributed by atoms with Crippen molar-refractivity contribution in [1.29, 1.82) is 0 Å². The normalized spacial score (nSPS) is 14.3. The Morgan fingerprint density at radius 3 is 2.55 bits per heavy atom. The Kier molecular flexibility index (Phi) is 5.92. The van der Waals surface area contributed by atoms with Crippen LogP contribution in [0.1, 0.15) is 25.5 Å². The molecule has 188 valence electrons. The van der Waals surface area contributed by atoms with Crippen LogP contribution in [0.25, 0.3) is 50.4 Å². The van der Waals surface area contributed by atoms with Crippen LogP contribution in [0.4, 0.5) is 4.39 Å². The molecule has 3 N–H and O–H groups in total. The van der Waals surface area contributed by atoms with E-state index in [1.807, 2.05) is 37.3 Å². The molecule has 1 saturated carbocycles. The van der Waals surface area contributed by atoms with Crippen LogP contribution >= 0.6 is 0 Å². The van der Waals surface area contributed by atoms with Crippen LogP contribution in [0.15, 0.2) is 91.4 Å². The Labute approximate surface area is 219 Å². The second-order valence-corrected chi connectivity index (χ2v) is 9.29. The zero-order valence-corrected chi connectivity index (χ0v) is 20.9. The van der Waals surface area contributed by atoms with Gasteiger partial charge in [0.2, 0.25) is 0 Å². The van der Waals surface area contributed by atoms with Crippen molar-refractivity contribution in [2.75, 3.05) is 0 Å².